The third kappa shape index (κ3) is 4.78. The number of quaternary nitrogens is 1. The van der Waals surface area contributed by atoms with Crippen molar-refractivity contribution in [2.24, 2.45) is 0 Å². The molecule has 0 aliphatic heterocycles. The minimum atomic E-state index is 0. The first-order valence-electron chi connectivity index (χ1n) is 2.80. The zero-order valence-electron chi connectivity index (χ0n) is 6.68. The van der Waals surface area contributed by atoms with E-state index in [0.29, 0.717) is 11.2 Å². The summed E-state index contributed by atoms with van der Waals surface area (Å²) in [6, 6.07) is 0. The molecule has 9 heavy (non-hydrogen) atoms. The third-order valence-corrected chi connectivity index (χ3v) is 1.20. The van der Waals surface area contributed by atoms with Crippen LogP contribution in [-0.2, 0) is 4.74 Å². The third-order valence-electron chi connectivity index (χ3n) is 1.20. The molecule has 0 aliphatic carbocycles. The van der Waals surface area contributed by atoms with E-state index >= 15 is 0 Å². The maximum atomic E-state index is 4.91. The molecule has 0 N–H and O–H groups in total. The van der Waals surface area contributed by atoms with Crippen LogP contribution in [0, 0.1) is 7.05 Å². The second-order valence-electron chi connectivity index (χ2n) is 2.35. The van der Waals surface area contributed by atoms with E-state index in [1.807, 2.05) is 7.05 Å². The topological polar surface area (TPSA) is 9.23 Å². The van der Waals surface area contributed by atoms with Gasteiger partial charge in [-0.25, -0.2) is 0 Å². The number of hydrogen-bond acceptors (Lipinski definition) is 1. The molecule has 2 nitrogen and oxygen atoms in total. The zero-order valence-corrected chi connectivity index (χ0v) is 13.1. The summed E-state index contributed by atoms with van der Waals surface area (Å²) >= 11 is 0. The Labute approximate surface area is 51.6 Å². The van der Waals surface area contributed by atoms with Gasteiger partial charge < -0.3 is 9.22 Å². The monoisotopic (exact) mass is 384 g/mol. The average molecular weight is 384 g/mol. The zero-order chi connectivity index (χ0) is 6.62. The van der Waals surface area contributed by atoms with Gasteiger partial charge >= 0.3 is 0 Å². The van der Waals surface area contributed by atoms with Gasteiger partial charge in [-0.3, -0.25) is 0 Å². The van der Waals surface area contributed by atoms with Crippen molar-refractivity contribution in [2.45, 2.75) is 6.92 Å². The van der Waals surface area contributed by atoms with E-state index in [0.717, 1.165) is 6.54 Å². The van der Waals surface area contributed by atoms with Gasteiger partial charge in [0.2, 0.25) is 0 Å². The number of nitrogens with zero attached hydrogens (tertiary/aromatic N) is 1. The van der Waals surface area contributed by atoms with Crippen LogP contribution in [0.15, 0.2) is 0 Å². The maximum Gasteiger partial charge on any atom is 0.158 e. The predicted octanol–water partition coefficient (Wildman–Crippen LogP) is 0.848. The van der Waals surface area contributed by atoms with Crippen molar-refractivity contribution in [1.29, 1.82) is 0 Å². The Morgan fingerprint density at radius 2 is 2.00 bits per heavy atom. The molecule has 3 heteroatoms. The summed E-state index contributed by atoms with van der Waals surface area (Å²) in [4.78, 5) is 0. The summed E-state index contributed by atoms with van der Waals surface area (Å²) in [5.74, 6) is 0. The molecule has 0 aliphatic rings. The van der Waals surface area contributed by atoms with Gasteiger partial charge in [0.1, 0.15) is 0 Å². The summed E-state index contributed by atoms with van der Waals surface area (Å²) < 4.78 is 5.60. The van der Waals surface area contributed by atoms with Crippen LogP contribution in [0.1, 0.15) is 6.92 Å². The fraction of sp³-hybridized carbons (Fsp3) is 0.833. The van der Waals surface area contributed by atoms with Crippen LogP contribution >= 0.6 is 0 Å². The number of methoxy groups -OCH3 is 1. The van der Waals surface area contributed by atoms with Gasteiger partial charge in [0, 0.05) is 14.2 Å². The molecule has 0 rings (SSSR count). The first-order chi connectivity index (χ1) is 3.62. The molecule has 0 heterocycles. The molecule has 1 atom stereocenters. The molecule has 0 bridgehead atoms. The minimum Gasteiger partial charge on any atom is -0.437 e. The van der Waals surface area contributed by atoms with Gasteiger partial charge in [-0.05, 0) is 6.92 Å². The first kappa shape index (κ1) is 10.8. The van der Waals surface area contributed by atoms with Crippen LogP contribution in [0.4, 0.5) is 0 Å². The van der Waals surface area contributed by atoms with Crippen LogP contribution in [0.2, 0.25) is 0 Å². The quantitative estimate of drug-likeness (QED) is 0.399. The van der Waals surface area contributed by atoms with Gasteiger partial charge in [-0.15, -0.1) is 7.05 Å². The largest absolute Gasteiger partial charge is 0.437 e. The molecule has 0 saturated heterocycles. The van der Waals surface area contributed by atoms with E-state index in [1.165, 1.54) is 0 Å². The molecule has 0 spiro atoms. The van der Waals surface area contributed by atoms with E-state index in [9.17, 15) is 0 Å². The van der Waals surface area contributed by atoms with Crippen molar-refractivity contribution in [1.82, 2.24) is 0 Å². The summed E-state index contributed by atoms with van der Waals surface area (Å²) in [5.41, 5.74) is 0. The normalized spacial score (nSPS) is 16.0. The summed E-state index contributed by atoms with van der Waals surface area (Å²) in [7, 11) is 7.61. The minimum absolute atomic E-state index is 0. The maximum absolute atomic E-state index is 4.91. The van der Waals surface area contributed by atoms with E-state index in [2.05, 4.69) is 14.0 Å². The van der Waals surface area contributed by atoms with Crippen molar-refractivity contribution in [3.8, 4) is 0 Å². The van der Waals surface area contributed by atoms with Gasteiger partial charge in [-0.2, -0.15) is 0 Å². The SMILES string of the molecule is [CH2-][N+](C)(CC)COC.[Rf]. The molecular weight excluding hydrogens is 369 g/mol. The summed E-state index contributed by atoms with van der Waals surface area (Å²) in [6.07, 6.45) is 0. The second kappa shape index (κ2) is 3.87. The predicted molar refractivity (Wildman–Crippen MR) is 34.0 cm³/mol. The molecule has 0 aromatic carbocycles. The van der Waals surface area contributed by atoms with Gasteiger partial charge in [0.05, 0.1) is 6.54 Å². The van der Waals surface area contributed by atoms with Crippen molar-refractivity contribution in [3.63, 3.8) is 0 Å². The Morgan fingerprint density at radius 1 is 1.56 bits per heavy atom. The molecular formula is C6H15NORf. The Balaban J connectivity index is 0. The molecule has 52 valence electrons. The summed E-state index contributed by atoms with van der Waals surface area (Å²) in [6.45, 7) is 3.79. The molecule has 0 aromatic rings. The average Bonchev–Trinajstić information content (AvgIpc) is 1.67. The van der Waals surface area contributed by atoms with Gasteiger partial charge in [-0.1, -0.05) is 0 Å². The van der Waals surface area contributed by atoms with E-state index < -0.39 is 0 Å². The van der Waals surface area contributed by atoms with Crippen molar-refractivity contribution >= 4 is 0 Å². The first-order valence-corrected chi connectivity index (χ1v) is 2.80. The van der Waals surface area contributed by atoms with Gasteiger partial charge in [0.25, 0.3) is 0 Å². The van der Waals surface area contributed by atoms with Crippen molar-refractivity contribution < 1.29 is 9.22 Å². The number of rotatable bonds is 3. The van der Waals surface area contributed by atoms with E-state index in [4.69, 9.17) is 4.74 Å². The standard InChI is InChI=1S/C6H15NO.Rf/c1-5-7(2,3)6-8-4;/h2,5-6H2,1,3-4H3;. The molecule has 0 radical (unpaired) electrons. The fourth-order valence-corrected chi connectivity index (χ4v) is 0.403. The molecule has 0 saturated carbocycles. The fourth-order valence-electron chi connectivity index (χ4n) is 0.403. The molecule has 0 aromatic heterocycles. The Morgan fingerprint density at radius 3 is 2.11 bits per heavy atom. The van der Waals surface area contributed by atoms with E-state index in [1.54, 1.807) is 7.11 Å². The van der Waals surface area contributed by atoms with Crippen LogP contribution in [-0.4, -0.2) is 31.9 Å². The van der Waals surface area contributed by atoms with Crippen molar-refractivity contribution in [3.05, 3.63) is 7.05 Å². The van der Waals surface area contributed by atoms with Crippen molar-refractivity contribution in [2.75, 3.05) is 27.4 Å². The number of ether oxygens (including phenoxy) is 1. The molecule has 1 unspecified atom stereocenters. The Hall–Kier alpha value is -1.08. The van der Waals surface area contributed by atoms with Gasteiger partial charge in [0.15, 0.2) is 6.73 Å². The Bertz CT molecular complexity index is 66.1. The smallest absolute Gasteiger partial charge is 0.158 e. The van der Waals surface area contributed by atoms with Crippen LogP contribution in [0.5, 0.6) is 0 Å². The summed E-state index contributed by atoms with van der Waals surface area (Å²) in [5, 5.41) is 0. The van der Waals surface area contributed by atoms with E-state index in [-0.39, 0.29) is 0 Å². The number of hydrogen-bond donors (Lipinski definition) is 0. The molecule has 0 fully saturated rings. The second-order valence-corrected chi connectivity index (χ2v) is 2.35. The Kier molecular flexibility index (Phi) is 4.65. The van der Waals surface area contributed by atoms with Crippen LogP contribution < -0.4 is 0 Å². The van der Waals surface area contributed by atoms with Crippen LogP contribution in [0.3, 0.4) is 0 Å². The van der Waals surface area contributed by atoms with Crippen LogP contribution in [0.25, 0.3) is 0 Å². The molecule has 0 amide bonds.